The topological polar surface area (TPSA) is 69.6 Å². The highest BCUT2D eigenvalue weighted by Gasteiger charge is 2.27. The second-order valence-corrected chi connectivity index (χ2v) is 7.44. The van der Waals surface area contributed by atoms with E-state index < -0.39 is 0 Å². The fraction of sp³-hybridized carbons (Fsp3) is 0.263. The van der Waals surface area contributed by atoms with Gasteiger partial charge in [-0.3, -0.25) is 9.59 Å². The normalized spacial score (nSPS) is 14.8. The SMILES string of the molecule is Cc1ccc(C(=O)N2CCN(C(=O)c3cc4c(F)cc(Br)cc4[nH]3)CC2)o1. The Kier molecular flexibility index (Phi) is 4.51. The first-order chi connectivity index (χ1) is 12.9. The maximum Gasteiger partial charge on any atom is 0.289 e. The van der Waals surface area contributed by atoms with E-state index >= 15 is 0 Å². The number of aryl methyl sites for hydroxylation is 1. The van der Waals surface area contributed by atoms with Crippen LogP contribution >= 0.6 is 15.9 Å². The van der Waals surface area contributed by atoms with Crippen molar-refractivity contribution in [2.75, 3.05) is 26.2 Å². The number of aromatic amines is 1. The van der Waals surface area contributed by atoms with Crippen LogP contribution in [0.25, 0.3) is 10.9 Å². The van der Waals surface area contributed by atoms with Crippen LogP contribution in [-0.4, -0.2) is 52.8 Å². The molecule has 3 aromatic rings. The van der Waals surface area contributed by atoms with Gasteiger partial charge in [0.1, 0.15) is 17.3 Å². The number of carbonyl (C=O) groups excluding carboxylic acids is 2. The summed E-state index contributed by atoms with van der Waals surface area (Å²) < 4.78 is 20.0. The van der Waals surface area contributed by atoms with Crippen molar-refractivity contribution in [1.82, 2.24) is 14.8 Å². The number of amides is 2. The molecule has 1 fully saturated rings. The minimum atomic E-state index is -0.390. The zero-order chi connectivity index (χ0) is 19.1. The molecule has 0 saturated carbocycles. The number of carbonyl (C=O) groups is 2. The van der Waals surface area contributed by atoms with Crippen LogP contribution in [0, 0.1) is 12.7 Å². The van der Waals surface area contributed by atoms with E-state index in [0.717, 1.165) is 0 Å². The average molecular weight is 434 g/mol. The minimum Gasteiger partial charge on any atom is -0.456 e. The van der Waals surface area contributed by atoms with Crippen molar-refractivity contribution in [2.24, 2.45) is 0 Å². The Morgan fingerprint density at radius 3 is 2.37 bits per heavy atom. The highest BCUT2D eigenvalue weighted by molar-refractivity contribution is 9.10. The first-order valence-electron chi connectivity index (χ1n) is 8.55. The highest BCUT2D eigenvalue weighted by Crippen LogP contribution is 2.25. The van der Waals surface area contributed by atoms with Gasteiger partial charge in [0, 0.05) is 36.0 Å². The molecule has 6 nitrogen and oxygen atoms in total. The van der Waals surface area contributed by atoms with Gasteiger partial charge in [0.15, 0.2) is 5.76 Å². The number of H-pyrrole nitrogens is 1. The first kappa shape index (κ1) is 17.8. The third-order valence-electron chi connectivity index (χ3n) is 4.69. The number of nitrogens with zero attached hydrogens (tertiary/aromatic N) is 2. The number of benzene rings is 1. The highest BCUT2D eigenvalue weighted by atomic mass is 79.9. The number of hydrogen-bond acceptors (Lipinski definition) is 3. The lowest BCUT2D eigenvalue weighted by Crippen LogP contribution is -2.50. The van der Waals surface area contributed by atoms with Gasteiger partial charge in [0.05, 0.1) is 5.52 Å². The molecule has 1 aromatic carbocycles. The molecule has 0 spiro atoms. The largest absolute Gasteiger partial charge is 0.456 e. The van der Waals surface area contributed by atoms with Crippen molar-refractivity contribution in [3.05, 3.63) is 57.8 Å². The van der Waals surface area contributed by atoms with Gasteiger partial charge >= 0.3 is 0 Å². The second kappa shape index (κ2) is 6.84. The first-order valence-corrected chi connectivity index (χ1v) is 9.34. The molecule has 4 rings (SSSR count). The molecule has 1 aliphatic heterocycles. The molecule has 0 unspecified atom stereocenters. The fourth-order valence-electron chi connectivity index (χ4n) is 3.26. The maximum atomic E-state index is 14.0. The molecule has 1 aliphatic rings. The Morgan fingerprint density at radius 1 is 1.07 bits per heavy atom. The average Bonchev–Trinajstić information content (AvgIpc) is 3.27. The summed E-state index contributed by atoms with van der Waals surface area (Å²) in [6.45, 7) is 3.45. The van der Waals surface area contributed by atoms with Crippen molar-refractivity contribution in [2.45, 2.75) is 6.92 Å². The summed E-state index contributed by atoms with van der Waals surface area (Å²) in [6, 6.07) is 8.04. The van der Waals surface area contributed by atoms with Crippen molar-refractivity contribution < 1.29 is 18.4 Å². The maximum absolute atomic E-state index is 14.0. The second-order valence-electron chi connectivity index (χ2n) is 6.53. The van der Waals surface area contributed by atoms with Crippen LogP contribution in [0.5, 0.6) is 0 Å². The van der Waals surface area contributed by atoms with Crippen LogP contribution < -0.4 is 0 Å². The molecule has 1 saturated heterocycles. The third-order valence-corrected chi connectivity index (χ3v) is 5.15. The Bertz CT molecular complexity index is 1030. The van der Waals surface area contributed by atoms with Gasteiger partial charge in [-0.15, -0.1) is 0 Å². The summed E-state index contributed by atoms with van der Waals surface area (Å²) in [5, 5.41) is 0.378. The lowest BCUT2D eigenvalue weighted by atomic mass is 10.2. The van der Waals surface area contributed by atoms with Crippen LogP contribution in [0.1, 0.15) is 26.8 Å². The molecule has 3 heterocycles. The summed E-state index contributed by atoms with van der Waals surface area (Å²) >= 11 is 3.25. The van der Waals surface area contributed by atoms with E-state index in [2.05, 4.69) is 20.9 Å². The quantitative estimate of drug-likeness (QED) is 0.671. The number of halogens is 2. The van der Waals surface area contributed by atoms with Crippen molar-refractivity contribution in [3.8, 4) is 0 Å². The van der Waals surface area contributed by atoms with E-state index in [-0.39, 0.29) is 17.6 Å². The number of piperazine rings is 1. The molecule has 8 heteroatoms. The zero-order valence-electron chi connectivity index (χ0n) is 14.6. The van der Waals surface area contributed by atoms with Gasteiger partial charge < -0.3 is 19.2 Å². The van der Waals surface area contributed by atoms with Crippen LogP contribution in [0.15, 0.2) is 39.2 Å². The van der Waals surface area contributed by atoms with E-state index in [1.54, 1.807) is 34.9 Å². The van der Waals surface area contributed by atoms with E-state index in [0.29, 0.717) is 58.8 Å². The van der Waals surface area contributed by atoms with E-state index in [4.69, 9.17) is 4.42 Å². The molecule has 1 N–H and O–H groups in total. The smallest absolute Gasteiger partial charge is 0.289 e. The van der Waals surface area contributed by atoms with Gasteiger partial charge in [-0.05, 0) is 37.3 Å². The molecule has 2 aromatic heterocycles. The number of nitrogens with one attached hydrogen (secondary N) is 1. The molecule has 0 aliphatic carbocycles. The molecule has 140 valence electrons. The van der Waals surface area contributed by atoms with Crippen LogP contribution in [0.4, 0.5) is 4.39 Å². The number of hydrogen-bond donors (Lipinski definition) is 1. The van der Waals surface area contributed by atoms with Crippen molar-refractivity contribution in [1.29, 1.82) is 0 Å². The number of fused-ring (bicyclic) bond motifs is 1. The Labute approximate surface area is 163 Å². The van der Waals surface area contributed by atoms with Crippen LogP contribution in [-0.2, 0) is 0 Å². The Balaban J connectivity index is 1.46. The summed E-state index contributed by atoms with van der Waals surface area (Å²) in [5.74, 6) is 0.225. The van der Waals surface area contributed by atoms with Gasteiger partial charge in [-0.1, -0.05) is 15.9 Å². The third kappa shape index (κ3) is 3.37. The van der Waals surface area contributed by atoms with Gasteiger partial charge in [0.25, 0.3) is 11.8 Å². The monoisotopic (exact) mass is 433 g/mol. The summed E-state index contributed by atoms with van der Waals surface area (Å²) in [6.07, 6.45) is 0. The van der Waals surface area contributed by atoms with Gasteiger partial charge in [-0.25, -0.2) is 4.39 Å². The van der Waals surface area contributed by atoms with Gasteiger partial charge in [0.2, 0.25) is 0 Å². The molecule has 0 radical (unpaired) electrons. The zero-order valence-corrected chi connectivity index (χ0v) is 16.2. The van der Waals surface area contributed by atoms with Crippen molar-refractivity contribution >= 4 is 38.6 Å². The Hall–Kier alpha value is -2.61. The van der Waals surface area contributed by atoms with Crippen molar-refractivity contribution in [3.63, 3.8) is 0 Å². The van der Waals surface area contributed by atoms with E-state index in [9.17, 15) is 14.0 Å². The van der Waals surface area contributed by atoms with Gasteiger partial charge in [-0.2, -0.15) is 0 Å². The van der Waals surface area contributed by atoms with E-state index in [1.807, 2.05) is 0 Å². The fourth-order valence-corrected chi connectivity index (χ4v) is 3.69. The number of rotatable bonds is 2. The number of furan rings is 1. The summed E-state index contributed by atoms with van der Waals surface area (Å²) in [4.78, 5) is 31.5. The molecular weight excluding hydrogens is 417 g/mol. The molecule has 27 heavy (non-hydrogen) atoms. The molecular formula is C19H17BrFN3O3. The molecule has 2 amide bonds. The lowest BCUT2D eigenvalue weighted by Gasteiger charge is -2.34. The lowest BCUT2D eigenvalue weighted by molar-refractivity contribution is 0.0515. The predicted octanol–water partition coefficient (Wildman–Crippen LogP) is 3.57. The minimum absolute atomic E-state index is 0.173. The molecule has 0 atom stereocenters. The van der Waals surface area contributed by atoms with Crippen LogP contribution in [0.3, 0.4) is 0 Å². The summed E-state index contributed by atoms with van der Waals surface area (Å²) in [7, 11) is 0. The molecule has 0 bridgehead atoms. The number of aromatic nitrogens is 1. The predicted molar refractivity (Wildman–Crippen MR) is 101 cm³/mol. The van der Waals surface area contributed by atoms with Crippen LogP contribution in [0.2, 0.25) is 0 Å². The summed E-state index contributed by atoms with van der Waals surface area (Å²) in [5.41, 5.74) is 0.899. The standard InChI is InChI=1S/C19H17BrFN3O3/c1-11-2-3-17(27-11)19(26)24-6-4-23(5-7-24)18(25)16-10-13-14(21)8-12(20)9-15(13)22-16/h2-3,8-10,22H,4-7H2,1H3. The van der Waals surface area contributed by atoms with E-state index in [1.165, 1.54) is 12.1 Å². The Morgan fingerprint density at radius 2 is 1.74 bits per heavy atom.